The number of rotatable bonds is 6. The molecule has 0 fully saturated rings. The Labute approximate surface area is 215 Å². The van der Waals surface area contributed by atoms with Gasteiger partial charge in [0.25, 0.3) is 5.56 Å². The van der Waals surface area contributed by atoms with Gasteiger partial charge in [-0.05, 0) is 50.6 Å². The van der Waals surface area contributed by atoms with Crippen LogP contribution in [0.15, 0.2) is 74.1 Å². The van der Waals surface area contributed by atoms with E-state index in [-0.39, 0.29) is 18.3 Å². The van der Waals surface area contributed by atoms with Gasteiger partial charge in [0.1, 0.15) is 12.4 Å². The van der Waals surface area contributed by atoms with E-state index in [1.165, 1.54) is 11.3 Å². The van der Waals surface area contributed by atoms with E-state index >= 15 is 0 Å². The fraction of sp³-hybridized carbons (Fsp3) is 0.222. The molecule has 0 amide bonds. The maximum absolute atomic E-state index is 13.7. The second-order valence-corrected chi connectivity index (χ2v) is 10.0. The molecule has 1 aromatic heterocycles. The fourth-order valence-electron chi connectivity index (χ4n) is 3.84. The number of esters is 1. The number of hydrogen-bond acceptors (Lipinski definition) is 6. The average molecular weight is 551 g/mol. The number of carbonyl (C=O) groups is 1. The number of nitrogens with zero attached hydrogens (tertiary/aromatic N) is 2. The summed E-state index contributed by atoms with van der Waals surface area (Å²) in [6.45, 7) is 5.46. The van der Waals surface area contributed by atoms with Crippen LogP contribution in [0.1, 0.15) is 37.9 Å². The maximum Gasteiger partial charge on any atom is 0.338 e. The van der Waals surface area contributed by atoms with Crippen molar-refractivity contribution < 1.29 is 14.3 Å². The Bertz CT molecular complexity index is 1530. The van der Waals surface area contributed by atoms with Gasteiger partial charge in [-0.15, -0.1) is 6.42 Å². The zero-order valence-electron chi connectivity index (χ0n) is 19.4. The topological polar surface area (TPSA) is 69.9 Å². The number of allylic oxidation sites excluding steroid dienone is 1. The van der Waals surface area contributed by atoms with Crippen LogP contribution in [-0.2, 0) is 9.53 Å². The first kappa shape index (κ1) is 24.7. The van der Waals surface area contributed by atoms with Gasteiger partial charge in [0, 0.05) is 10.0 Å². The number of aromatic nitrogens is 1. The lowest BCUT2D eigenvalue weighted by Gasteiger charge is -2.25. The molecule has 8 heteroatoms. The third kappa shape index (κ3) is 5.16. The fourth-order valence-corrected chi connectivity index (χ4v) is 5.25. The first-order chi connectivity index (χ1) is 16.8. The molecular formula is C27H23BrN2O4S. The molecule has 2 heterocycles. The summed E-state index contributed by atoms with van der Waals surface area (Å²) >= 11 is 4.73. The Kier molecular flexibility index (Phi) is 7.39. The van der Waals surface area contributed by atoms with Crippen LogP contribution in [0, 0.1) is 12.3 Å². The number of benzene rings is 2. The molecule has 3 aromatic rings. The van der Waals surface area contributed by atoms with E-state index in [1.807, 2.05) is 42.5 Å². The summed E-state index contributed by atoms with van der Waals surface area (Å²) in [6.07, 6.45) is 6.80. The molecule has 6 nitrogen and oxygen atoms in total. The third-order valence-electron chi connectivity index (χ3n) is 5.27. The lowest BCUT2D eigenvalue weighted by molar-refractivity contribution is -0.143. The second kappa shape index (κ2) is 10.5. The molecule has 178 valence electrons. The molecule has 2 aromatic carbocycles. The molecule has 0 saturated heterocycles. The molecule has 35 heavy (non-hydrogen) atoms. The highest BCUT2D eigenvalue weighted by Gasteiger charge is 2.33. The van der Waals surface area contributed by atoms with Crippen molar-refractivity contribution in [3.8, 4) is 18.1 Å². The molecule has 4 rings (SSSR count). The summed E-state index contributed by atoms with van der Waals surface area (Å²) in [5.41, 5.74) is 2.12. The number of terminal acetylenes is 1. The van der Waals surface area contributed by atoms with Gasteiger partial charge in [-0.1, -0.05) is 63.5 Å². The minimum Gasteiger partial charge on any atom is -0.480 e. The first-order valence-corrected chi connectivity index (χ1v) is 12.6. The number of thiazole rings is 1. The highest BCUT2D eigenvalue weighted by Crippen LogP contribution is 2.31. The van der Waals surface area contributed by atoms with Gasteiger partial charge in [-0.3, -0.25) is 9.36 Å². The van der Waals surface area contributed by atoms with Crippen molar-refractivity contribution in [2.45, 2.75) is 32.9 Å². The largest absolute Gasteiger partial charge is 0.480 e. The first-order valence-electron chi connectivity index (χ1n) is 10.9. The molecule has 0 bridgehead atoms. The quantitative estimate of drug-likeness (QED) is 0.344. The molecular weight excluding hydrogens is 528 g/mol. The van der Waals surface area contributed by atoms with Crippen molar-refractivity contribution in [1.29, 1.82) is 0 Å². The summed E-state index contributed by atoms with van der Waals surface area (Å²) < 4.78 is 14.0. The molecule has 1 atom stereocenters. The number of hydrogen-bond donors (Lipinski definition) is 0. The van der Waals surface area contributed by atoms with Crippen LogP contribution in [0.25, 0.3) is 6.08 Å². The van der Waals surface area contributed by atoms with Crippen LogP contribution in [0.5, 0.6) is 5.75 Å². The van der Waals surface area contributed by atoms with Gasteiger partial charge in [0.2, 0.25) is 0 Å². The van der Waals surface area contributed by atoms with E-state index in [9.17, 15) is 9.59 Å². The van der Waals surface area contributed by atoms with Gasteiger partial charge >= 0.3 is 5.97 Å². The van der Waals surface area contributed by atoms with E-state index in [4.69, 9.17) is 15.9 Å². The minimum atomic E-state index is -0.652. The predicted octanol–water partition coefficient (Wildman–Crippen LogP) is 3.96. The highest BCUT2D eigenvalue weighted by atomic mass is 79.9. The Morgan fingerprint density at radius 1 is 1.29 bits per heavy atom. The number of halogens is 1. The van der Waals surface area contributed by atoms with Crippen molar-refractivity contribution in [2.75, 3.05) is 6.61 Å². The maximum atomic E-state index is 13.7. The Balaban J connectivity index is 1.93. The zero-order valence-corrected chi connectivity index (χ0v) is 21.9. The van der Waals surface area contributed by atoms with E-state index in [0.29, 0.717) is 31.9 Å². The molecule has 1 unspecified atom stereocenters. The Hall–Kier alpha value is -3.41. The van der Waals surface area contributed by atoms with Crippen molar-refractivity contribution in [3.63, 3.8) is 0 Å². The van der Waals surface area contributed by atoms with Gasteiger partial charge in [-0.2, -0.15) is 0 Å². The zero-order chi connectivity index (χ0) is 25.1. The van der Waals surface area contributed by atoms with E-state index < -0.39 is 12.0 Å². The predicted molar refractivity (Wildman–Crippen MR) is 140 cm³/mol. The van der Waals surface area contributed by atoms with Crippen molar-refractivity contribution in [3.05, 3.63) is 95.1 Å². The lowest BCUT2D eigenvalue weighted by Crippen LogP contribution is -2.40. The molecule has 0 N–H and O–H groups in total. The monoisotopic (exact) mass is 550 g/mol. The smallest absolute Gasteiger partial charge is 0.338 e. The van der Waals surface area contributed by atoms with Crippen LogP contribution in [0.2, 0.25) is 0 Å². The SMILES string of the molecule is C#CCOc1ccc(Br)cc1C=c1sc2n(c1=O)C(c1ccccc1)C(C(=O)OC(C)C)=C(C)N=2. The second-order valence-electron chi connectivity index (χ2n) is 8.12. The lowest BCUT2D eigenvalue weighted by atomic mass is 9.96. The van der Waals surface area contributed by atoms with Crippen LogP contribution in [-0.4, -0.2) is 23.2 Å². The van der Waals surface area contributed by atoms with Crippen LogP contribution < -0.4 is 19.6 Å². The Morgan fingerprint density at radius 3 is 2.71 bits per heavy atom. The van der Waals surface area contributed by atoms with E-state index in [0.717, 1.165) is 10.0 Å². The van der Waals surface area contributed by atoms with Gasteiger partial charge < -0.3 is 9.47 Å². The van der Waals surface area contributed by atoms with Crippen LogP contribution in [0.3, 0.4) is 0 Å². The molecule has 0 radical (unpaired) electrons. The molecule has 0 spiro atoms. The summed E-state index contributed by atoms with van der Waals surface area (Å²) in [7, 11) is 0. The number of carbonyl (C=O) groups excluding carboxylic acids is 1. The van der Waals surface area contributed by atoms with Crippen LogP contribution >= 0.6 is 27.3 Å². The third-order valence-corrected chi connectivity index (χ3v) is 6.75. The normalized spacial score (nSPS) is 15.4. The van der Waals surface area contributed by atoms with Crippen molar-refractivity contribution in [1.82, 2.24) is 4.57 Å². The Morgan fingerprint density at radius 2 is 2.03 bits per heavy atom. The van der Waals surface area contributed by atoms with E-state index in [1.54, 1.807) is 37.5 Å². The molecule has 1 aliphatic rings. The molecule has 0 saturated carbocycles. The van der Waals surface area contributed by atoms with Crippen molar-refractivity contribution >= 4 is 39.3 Å². The molecule has 1 aliphatic heterocycles. The highest BCUT2D eigenvalue weighted by molar-refractivity contribution is 9.10. The molecule has 0 aliphatic carbocycles. The number of ether oxygens (including phenoxy) is 2. The standard InChI is InChI=1S/C27H23BrN2O4S/c1-5-13-33-21-12-11-20(28)14-19(21)15-22-25(31)30-24(18-9-7-6-8-10-18)23(26(32)34-16(2)3)17(4)29-27(30)35-22/h1,6-12,14-16,24H,13H2,2-4H3. The van der Waals surface area contributed by atoms with Crippen LogP contribution in [0.4, 0.5) is 0 Å². The summed E-state index contributed by atoms with van der Waals surface area (Å²) in [4.78, 5) is 32.0. The van der Waals surface area contributed by atoms with Gasteiger partial charge in [-0.25, -0.2) is 9.79 Å². The minimum absolute atomic E-state index is 0.109. The van der Waals surface area contributed by atoms with Crippen molar-refractivity contribution in [2.24, 2.45) is 4.99 Å². The summed E-state index contributed by atoms with van der Waals surface area (Å²) in [6, 6.07) is 14.3. The average Bonchev–Trinajstić information content (AvgIpc) is 3.12. The van der Waals surface area contributed by atoms with Gasteiger partial charge in [0.05, 0.1) is 27.9 Å². The summed E-state index contributed by atoms with van der Waals surface area (Å²) in [5.74, 6) is 2.53. The van der Waals surface area contributed by atoms with Gasteiger partial charge in [0.15, 0.2) is 4.80 Å². The summed E-state index contributed by atoms with van der Waals surface area (Å²) in [5, 5.41) is 0. The van der Waals surface area contributed by atoms with E-state index in [2.05, 4.69) is 26.8 Å². The number of fused-ring (bicyclic) bond motifs is 1.